The average molecular weight is 192 g/mol. The van der Waals surface area contributed by atoms with E-state index in [-0.39, 0.29) is 12.7 Å². The zero-order chi connectivity index (χ0) is 10.3. The zero-order valence-corrected chi connectivity index (χ0v) is 6.90. The van der Waals surface area contributed by atoms with E-state index < -0.39 is 18.5 Å². The number of rotatable bonds is 2. The smallest absolute Gasteiger partial charge is 0.318 e. The molecule has 13 heavy (non-hydrogen) atoms. The molecule has 1 aliphatic heterocycles. The van der Waals surface area contributed by atoms with E-state index in [1.54, 1.807) is 5.32 Å². The fourth-order valence-corrected chi connectivity index (χ4v) is 0.350. The summed E-state index contributed by atoms with van der Waals surface area (Å²) in [6.45, 7) is 0.236. The first-order valence-electron chi connectivity index (χ1n) is 3.52. The van der Waals surface area contributed by atoms with Crippen molar-refractivity contribution in [2.75, 3.05) is 19.8 Å². The molecule has 3 amide bonds. The van der Waals surface area contributed by atoms with Crippen molar-refractivity contribution in [3.8, 4) is 0 Å². The van der Waals surface area contributed by atoms with Crippen LogP contribution in [0.1, 0.15) is 0 Å². The van der Waals surface area contributed by atoms with Gasteiger partial charge in [-0.05, 0) is 0 Å². The van der Waals surface area contributed by atoms with Crippen LogP contribution in [0.5, 0.6) is 0 Å². The molecule has 1 fully saturated rings. The van der Waals surface area contributed by atoms with E-state index in [1.165, 1.54) is 0 Å². The largest absolute Gasteiger partial charge is 0.394 e. The molecule has 1 unspecified atom stereocenters. The van der Waals surface area contributed by atoms with Crippen LogP contribution in [0.15, 0.2) is 0 Å². The number of carbonyl (C=O) groups excluding carboxylic acids is 2. The molecule has 0 aliphatic carbocycles. The average Bonchev–Trinajstić information content (AvgIpc) is 2.86. The molecule has 1 heterocycles. The standard InChI is InChI=1S/C3H6N2O3.C3H6O2/c4-3(8)5-2(7)1-6;4-1-3-2-5-3/h6H,1H2,(H3,4,5,7,8);3-4H,1-2H2. The third-order valence-corrected chi connectivity index (χ3v) is 1.01. The molecule has 1 rings (SSSR count). The molecule has 0 aromatic heterocycles. The van der Waals surface area contributed by atoms with E-state index in [9.17, 15) is 9.59 Å². The molecule has 0 radical (unpaired) electrons. The number of nitrogens with one attached hydrogen (secondary N) is 1. The Hall–Kier alpha value is -1.18. The second-order valence-corrected chi connectivity index (χ2v) is 2.21. The van der Waals surface area contributed by atoms with Gasteiger partial charge < -0.3 is 20.7 Å². The predicted octanol–water partition coefficient (Wildman–Crippen LogP) is -2.45. The zero-order valence-electron chi connectivity index (χ0n) is 6.90. The summed E-state index contributed by atoms with van der Waals surface area (Å²) in [5, 5.41) is 17.7. The van der Waals surface area contributed by atoms with Crippen LogP contribution >= 0.6 is 0 Å². The van der Waals surface area contributed by atoms with Gasteiger partial charge in [-0.15, -0.1) is 0 Å². The monoisotopic (exact) mass is 192 g/mol. The van der Waals surface area contributed by atoms with Crippen LogP contribution in [0, 0.1) is 0 Å². The molecular formula is C6H12N2O5. The molecule has 0 saturated carbocycles. The van der Waals surface area contributed by atoms with Crippen LogP contribution in [-0.4, -0.2) is 48.1 Å². The minimum atomic E-state index is -0.955. The molecule has 0 bridgehead atoms. The Morgan fingerprint density at radius 3 is 2.15 bits per heavy atom. The maximum Gasteiger partial charge on any atom is 0.318 e. The van der Waals surface area contributed by atoms with Gasteiger partial charge in [0.15, 0.2) is 0 Å². The van der Waals surface area contributed by atoms with E-state index in [0.717, 1.165) is 6.61 Å². The lowest BCUT2D eigenvalue weighted by atomic mass is 10.5. The number of amides is 3. The number of aliphatic hydroxyl groups excluding tert-OH is 2. The number of urea groups is 1. The molecule has 1 atom stereocenters. The minimum Gasteiger partial charge on any atom is -0.394 e. The number of imide groups is 1. The summed E-state index contributed by atoms with van der Waals surface area (Å²) in [5.74, 6) is -0.794. The number of carbonyl (C=O) groups is 2. The lowest BCUT2D eigenvalue weighted by Gasteiger charge is -1.92. The summed E-state index contributed by atoms with van der Waals surface area (Å²) in [4.78, 5) is 19.7. The van der Waals surface area contributed by atoms with Crippen LogP contribution < -0.4 is 11.1 Å². The van der Waals surface area contributed by atoms with Crippen molar-refractivity contribution in [2.45, 2.75) is 6.10 Å². The normalized spacial score (nSPS) is 18.2. The second-order valence-electron chi connectivity index (χ2n) is 2.21. The third kappa shape index (κ3) is 8.73. The summed E-state index contributed by atoms with van der Waals surface area (Å²) < 4.78 is 4.61. The van der Waals surface area contributed by atoms with Crippen LogP contribution in [-0.2, 0) is 9.53 Å². The quantitative estimate of drug-likeness (QED) is 0.361. The molecule has 0 aromatic rings. The molecule has 0 spiro atoms. The maximum absolute atomic E-state index is 9.96. The minimum absolute atomic E-state index is 0.190. The van der Waals surface area contributed by atoms with Crippen molar-refractivity contribution in [1.82, 2.24) is 5.32 Å². The highest BCUT2D eigenvalue weighted by Crippen LogP contribution is 2.04. The summed E-state index contributed by atoms with van der Waals surface area (Å²) >= 11 is 0. The van der Waals surface area contributed by atoms with Crippen molar-refractivity contribution in [1.29, 1.82) is 0 Å². The van der Waals surface area contributed by atoms with Crippen molar-refractivity contribution in [3.63, 3.8) is 0 Å². The Kier molecular flexibility index (Phi) is 5.77. The molecule has 7 nitrogen and oxygen atoms in total. The fraction of sp³-hybridized carbons (Fsp3) is 0.667. The van der Waals surface area contributed by atoms with Crippen molar-refractivity contribution in [3.05, 3.63) is 0 Å². The van der Waals surface area contributed by atoms with Crippen LogP contribution in [0.3, 0.4) is 0 Å². The Morgan fingerprint density at radius 2 is 2.08 bits per heavy atom. The summed E-state index contributed by atoms with van der Waals surface area (Å²) in [7, 11) is 0. The predicted molar refractivity (Wildman–Crippen MR) is 41.6 cm³/mol. The molecule has 76 valence electrons. The van der Waals surface area contributed by atoms with Crippen molar-refractivity contribution in [2.24, 2.45) is 5.73 Å². The topological polar surface area (TPSA) is 125 Å². The van der Waals surface area contributed by atoms with Crippen molar-refractivity contribution >= 4 is 11.9 Å². The van der Waals surface area contributed by atoms with Gasteiger partial charge in [0, 0.05) is 0 Å². The number of hydrogen-bond donors (Lipinski definition) is 4. The highest BCUT2D eigenvalue weighted by molar-refractivity contribution is 5.93. The first-order valence-corrected chi connectivity index (χ1v) is 3.52. The first kappa shape index (κ1) is 11.8. The van der Waals surface area contributed by atoms with E-state index in [2.05, 4.69) is 10.5 Å². The van der Waals surface area contributed by atoms with E-state index in [1.807, 2.05) is 0 Å². The summed E-state index contributed by atoms with van der Waals surface area (Å²) in [6.07, 6.45) is 0.190. The van der Waals surface area contributed by atoms with Gasteiger partial charge in [0.2, 0.25) is 0 Å². The molecular weight excluding hydrogens is 180 g/mol. The van der Waals surface area contributed by atoms with Gasteiger partial charge in [-0.1, -0.05) is 0 Å². The van der Waals surface area contributed by atoms with Gasteiger partial charge in [-0.3, -0.25) is 10.1 Å². The molecule has 5 N–H and O–H groups in total. The van der Waals surface area contributed by atoms with Gasteiger partial charge in [0.1, 0.15) is 12.7 Å². The lowest BCUT2D eigenvalue weighted by molar-refractivity contribution is -0.122. The number of nitrogens with two attached hydrogens (primary N) is 1. The van der Waals surface area contributed by atoms with Gasteiger partial charge in [0.05, 0.1) is 13.2 Å². The highest BCUT2D eigenvalue weighted by Gasteiger charge is 2.19. The summed E-state index contributed by atoms with van der Waals surface area (Å²) in [5.41, 5.74) is 4.49. The van der Waals surface area contributed by atoms with E-state index in [0.29, 0.717) is 0 Å². The number of primary amides is 1. The molecule has 0 aromatic carbocycles. The van der Waals surface area contributed by atoms with Crippen LogP contribution in [0.2, 0.25) is 0 Å². The highest BCUT2D eigenvalue weighted by atomic mass is 16.6. The SMILES string of the molecule is NC(=O)NC(=O)CO.OCC1CO1. The second kappa shape index (κ2) is 6.35. The third-order valence-electron chi connectivity index (χ3n) is 1.01. The number of aliphatic hydroxyl groups is 2. The first-order chi connectivity index (χ1) is 6.10. The van der Waals surface area contributed by atoms with Gasteiger partial charge in [-0.25, -0.2) is 4.79 Å². The molecule has 1 aliphatic rings. The van der Waals surface area contributed by atoms with Crippen molar-refractivity contribution < 1.29 is 24.5 Å². The number of ether oxygens (including phenoxy) is 1. The number of epoxide rings is 1. The Morgan fingerprint density at radius 1 is 1.54 bits per heavy atom. The Balaban J connectivity index is 0.000000243. The molecule has 1 saturated heterocycles. The maximum atomic E-state index is 9.96. The molecule has 7 heteroatoms. The van der Waals surface area contributed by atoms with Gasteiger partial charge >= 0.3 is 6.03 Å². The van der Waals surface area contributed by atoms with Crippen LogP contribution in [0.4, 0.5) is 4.79 Å². The fourth-order valence-electron chi connectivity index (χ4n) is 0.350. The van der Waals surface area contributed by atoms with Crippen LogP contribution in [0.25, 0.3) is 0 Å². The van der Waals surface area contributed by atoms with Gasteiger partial charge in [0.25, 0.3) is 5.91 Å². The van der Waals surface area contributed by atoms with E-state index in [4.69, 9.17) is 10.2 Å². The Labute approximate surface area is 74.5 Å². The number of hydrogen-bond acceptors (Lipinski definition) is 5. The van der Waals surface area contributed by atoms with E-state index >= 15 is 0 Å². The van der Waals surface area contributed by atoms with Gasteiger partial charge in [-0.2, -0.15) is 0 Å². The Bertz CT molecular complexity index is 180. The lowest BCUT2D eigenvalue weighted by Crippen LogP contribution is -2.36. The summed E-state index contributed by atoms with van der Waals surface area (Å²) in [6, 6.07) is -0.955.